The molecule has 0 radical (unpaired) electrons. The molecule has 5 heteroatoms. The standard InChI is InChI=1S/C18H27N3OS/c1-19-17(21-11-8-15(12-21)13-22-2)20-14-18(9-10-18)23-16-6-4-3-5-7-16/h3-7,15H,8-14H2,1-2H3,(H,19,20). The Morgan fingerprint density at radius 1 is 1.39 bits per heavy atom. The van der Waals surface area contributed by atoms with Crippen LogP contribution in [0.3, 0.4) is 0 Å². The SMILES string of the molecule is CN=C(NCC1(Sc2ccccc2)CC1)N1CCC(COC)C1. The van der Waals surface area contributed by atoms with Gasteiger partial charge in [0.1, 0.15) is 0 Å². The molecule has 1 heterocycles. The fourth-order valence-electron chi connectivity index (χ4n) is 3.16. The Hall–Kier alpha value is -1.20. The van der Waals surface area contributed by atoms with Crippen molar-refractivity contribution in [3.63, 3.8) is 0 Å². The minimum Gasteiger partial charge on any atom is -0.384 e. The van der Waals surface area contributed by atoms with Gasteiger partial charge in [0.05, 0.1) is 6.61 Å². The number of nitrogens with one attached hydrogen (secondary N) is 1. The fraction of sp³-hybridized carbons (Fsp3) is 0.611. The van der Waals surface area contributed by atoms with Crippen LogP contribution in [0, 0.1) is 5.92 Å². The summed E-state index contributed by atoms with van der Waals surface area (Å²) in [6.45, 7) is 3.96. The zero-order valence-corrected chi connectivity index (χ0v) is 14.9. The molecular formula is C18H27N3OS. The van der Waals surface area contributed by atoms with Crippen molar-refractivity contribution in [2.24, 2.45) is 10.9 Å². The molecule has 1 aliphatic carbocycles. The van der Waals surface area contributed by atoms with Gasteiger partial charge in [0.2, 0.25) is 0 Å². The number of methoxy groups -OCH3 is 1. The van der Waals surface area contributed by atoms with Crippen LogP contribution in [-0.4, -0.2) is 56.0 Å². The topological polar surface area (TPSA) is 36.9 Å². The van der Waals surface area contributed by atoms with E-state index in [9.17, 15) is 0 Å². The van der Waals surface area contributed by atoms with Crippen LogP contribution in [0.25, 0.3) is 0 Å². The van der Waals surface area contributed by atoms with E-state index in [1.165, 1.54) is 24.2 Å². The molecule has 1 aliphatic heterocycles. The van der Waals surface area contributed by atoms with E-state index < -0.39 is 0 Å². The van der Waals surface area contributed by atoms with Crippen LogP contribution in [0.5, 0.6) is 0 Å². The van der Waals surface area contributed by atoms with Crippen molar-refractivity contribution >= 4 is 17.7 Å². The molecule has 1 unspecified atom stereocenters. The number of guanidine groups is 1. The quantitative estimate of drug-likeness (QED) is 0.642. The summed E-state index contributed by atoms with van der Waals surface area (Å²) in [7, 11) is 3.67. The molecule has 1 saturated heterocycles. The predicted octanol–water partition coefficient (Wildman–Crippen LogP) is 2.86. The van der Waals surface area contributed by atoms with Gasteiger partial charge >= 0.3 is 0 Å². The molecule has 1 N–H and O–H groups in total. The van der Waals surface area contributed by atoms with Gasteiger partial charge in [-0.1, -0.05) is 18.2 Å². The molecule has 0 spiro atoms. The van der Waals surface area contributed by atoms with Crippen LogP contribution in [-0.2, 0) is 4.74 Å². The maximum absolute atomic E-state index is 5.29. The lowest BCUT2D eigenvalue weighted by Gasteiger charge is -2.24. The summed E-state index contributed by atoms with van der Waals surface area (Å²) in [4.78, 5) is 8.22. The van der Waals surface area contributed by atoms with Crippen LogP contribution in [0.15, 0.2) is 40.2 Å². The minimum absolute atomic E-state index is 0.350. The molecule has 0 aromatic heterocycles. The van der Waals surface area contributed by atoms with Crippen molar-refractivity contribution in [1.29, 1.82) is 0 Å². The summed E-state index contributed by atoms with van der Waals surface area (Å²) in [6.07, 6.45) is 3.75. The highest BCUT2D eigenvalue weighted by molar-refractivity contribution is 8.01. The molecule has 0 bridgehead atoms. The highest BCUT2D eigenvalue weighted by Gasteiger charge is 2.44. The fourth-order valence-corrected chi connectivity index (χ4v) is 4.41. The van der Waals surface area contributed by atoms with E-state index in [4.69, 9.17) is 4.74 Å². The Labute approximate surface area is 143 Å². The maximum atomic E-state index is 5.29. The molecule has 126 valence electrons. The second kappa shape index (κ2) is 7.58. The normalized spacial score (nSPS) is 23.1. The number of rotatable bonds is 6. The van der Waals surface area contributed by atoms with Crippen LogP contribution in [0.2, 0.25) is 0 Å². The molecule has 4 nitrogen and oxygen atoms in total. The number of aliphatic imine (C=N–C) groups is 1. The number of hydrogen-bond donors (Lipinski definition) is 1. The summed E-state index contributed by atoms with van der Waals surface area (Å²) < 4.78 is 5.64. The number of hydrogen-bond acceptors (Lipinski definition) is 3. The third-order valence-electron chi connectivity index (χ3n) is 4.65. The third-order valence-corrected chi connectivity index (χ3v) is 6.15. The van der Waals surface area contributed by atoms with E-state index in [-0.39, 0.29) is 0 Å². The molecule has 2 fully saturated rings. The van der Waals surface area contributed by atoms with Gasteiger partial charge in [0.15, 0.2) is 5.96 Å². The summed E-state index contributed by atoms with van der Waals surface area (Å²) in [6, 6.07) is 10.7. The van der Waals surface area contributed by atoms with Crippen molar-refractivity contribution in [1.82, 2.24) is 10.2 Å². The van der Waals surface area contributed by atoms with Gasteiger partial charge in [-0.15, -0.1) is 11.8 Å². The number of benzene rings is 1. The van der Waals surface area contributed by atoms with Gasteiger partial charge in [-0.25, -0.2) is 0 Å². The zero-order chi connectivity index (χ0) is 16.1. The molecular weight excluding hydrogens is 306 g/mol. The zero-order valence-electron chi connectivity index (χ0n) is 14.1. The lowest BCUT2D eigenvalue weighted by molar-refractivity contribution is 0.157. The first-order valence-corrected chi connectivity index (χ1v) is 9.25. The van der Waals surface area contributed by atoms with E-state index in [0.717, 1.165) is 32.2 Å². The van der Waals surface area contributed by atoms with Crippen molar-refractivity contribution in [3.05, 3.63) is 30.3 Å². The maximum Gasteiger partial charge on any atom is 0.193 e. The van der Waals surface area contributed by atoms with Gasteiger partial charge in [-0.05, 0) is 31.4 Å². The van der Waals surface area contributed by atoms with Gasteiger partial charge in [-0.3, -0.25) is 4.99 Å². The molecule has 2 aliphatic rings. The van der Waals surface area contributed by atoms with E-state index in [1.807, 2.05) is 18.8 Å². The molecule has 1 saturated carbocycles. The van der Waals surface area contributed by atoms with Crippen LogP contribution >= 0.6 is 11.8 Å². The number of likely N-dealkylation sites (tertiary alicyclic amines) is 1. The highest BCUT2D eigenvalue weighted by Crippen LogP contribution is 2.51. The number of nitrogens with zero attached hydrogens (tertiary/aromatic N) is 2. The first-order valence-electron chi connectivity index (χ1n) is 8.43. The van der Waals surface area contributed by atoms with Crippen LogP contribution in [0.4, 0.5) is 0 Å². The third kappa shape index (κ3) is 4.42. The molecule has 1 atom stereocenters. The molecule has 1 aromatic rings. The highest BCUT2D eigenvalue weighted by atomic mass is 32.2. The average molecular weight is 334 g/mol. The number of thioether (sulfide) groups is 1. The van der Waals surface area contributed by atoms with Crippen molar-refractivity contribution in [3.8, 4) is 0 Å². The molecule has 3 rings (SSSR count). The van der Waals surface area contributed by atoms with E-state index >= 15 is 0 Å². The summed E-state index contributed by atoms with van der Waals surface area (Å²) in [5, 5.41) is 3.61. The van der Waals surface area contributed by atoms with Crippen molar-refractivity contribution in [2.45, 2.75) is 28.9 Å². The summed E-state index contributed by atoms with van der Waals surface area (Å²) in [5.41, 5.74) is 0. The first-order chi connectivity index (χ1) is 11.2. The molecule has 0 amide bonds. The van der Waals surface area contributed by atoms with Crippen LogP contribution in [0.1, 0.15) is 19.3 Å². The van der Waals surface area contributed by atoms with E-state index in [2.05, 4.69) is 45.5 Å². The number of ether oxygens (including phenoxy) is 1. The second-order valence-electron chi connectivity index (χ2n) is 6.55. The van der Waals surface area contributed by atoms with Gasteiger partial charge in [0.25, 0.3) is 0 Å². The van der Waals surface area contributed by atoms with Crippen molar-refractivity contribution < 1.29 is 4.74 Å². The first kappa shape index (κ1) is 16.7. The van der Waals surface area contributed by atoms with E-state index in [1.54, 1.807) is 7.11 Å². The predicted molar refractivity (Wildman–Crippen MR) is 97.2 cm³/mol. The summed E-state index contributed by atoms with van der Waals surface area (Å²) >= 11 is 2.00. The monoisotopic (exact) mass is 333 g/mol. The van der Waals surface area contributed by atoms with Gasteiger partial charge in [-0.2, -0.15) is 0 Å². The lowest BCUT2D eigenvalue weighted by atomic mass is 10.1. The largest absolute Gasteiger partial charge is 0.384 e. The molecule has 23 heavy (non-hydrogen) atoms. The smallest absolute Gasteiger partial charge is 0.193 e. The Balaban J connectivity index is 1.51. The Kier molecular flexibility index (Phi) is 5.49. The average Bonchev–Trinajstić information content (AvgIpc) is 3.17. The van der Waals surface area contributed by atoms with Crippen LogP contribution < -0.4 is 5.32 Å². The summed E-state index contributed by atoms with van der Waals surface area (Å²) in [5.74, 6) is 1.68. The van der Waals surface area contributed by atoms with Crippen molar-refractivity contribution in [2.75, 3.05) is 40.4 Å². The van der Waals surface area contributed by atoms with Gasteiger partial charge < -0.3 is 15.0 Å². The Bertz CT molecular complexity index is 530. The minimum atomic E-state index is 0.350. The van der Waals surface area contributed by atoms with Gasteiger partial charge in [0, 0.05) is 49.4 Å². The second-order valence-corrected chi connectivity index (χ2v) is 8.10. The lowest BCUT2D eigenvalue weighted by Crippen LogP contribution is -2.43. The molecule has 1 aromatic carbocycles. The van der Waals surface area contributed by atoms with E-state index in [0.29, 0.717) is 10.7 Å². The Morgan fingerprint density at radius 3 is 2.83 bits per heavy atom. The Morgan fingerprint density at radius 2 is 2.17 bits per heavy atom.